The fourth-order valence-corrected chi connectivity index (χ4v) is 2.89. The standard InChI is InChI=1S/C19H21NO4S/c1-12-5-9-17(23-4)16(11-12)20-19(22)14(3)24-18(21)10-8-15-7-6-13(2)25-15/h5-11,14H,1-4H3,(H,20,22)/b10-8+/t14-/m0/s1. The van der Waals surface area contributed by atoms with Crippen molar-refractivity contribution in [3.8, 4) is 5.75 Å². The van der Waals surface area contributed by atoms with E-state index in [9.17, 15) is 9.59 Å². The normalized spacial score (nSPS) is 12.0. The van der Waals surface area contributed by atoms with Crippen molar-refractivity contribution in [2.24, 2.45) is 0 Å². The van der Waals surface area contributed by atoms with E-state index in [1.54, 1.807) is 29.5 Å². The molecule has 0 aliphatic heterocycles. The van der Waals surface area contributed by atoms with Gasteiger partial charge in [0.25, 0.3) is 5.91 Å². The lowest BCUT2D eigenvalue weighted by molar-refractivity contribution is -0.148. The number of anilines is 1. The van der Waals surface area contributed by atoms with Crippen molar-refractivity contribution in [2.45, 2.75) is 26.9 Å². The number of methoxy groups -OCH3 is 1. The molecule has 5 nitrogen and oxygen atoms in total. The van der Waals surface area contributed by atoms with E-state index in [0.717, 1.165) is 15.3 Å². The molecule has 0 unspecified atom stereocenters. The number of ether oxygens (including phenoxy) is 2. The number of amides is 1. The van der Waals surface area contributed by atoms with E-state index in [4.69, 9.17) is 9.47 Å². The molecule has 1 heterocycles. The largest absolute Gasteiger partial charge is 0.495 e. The number of benzene rings is 1. The molecule has 2 aromatic rings. The van der Waals surface area contributed by atoms with Crippen LogP contribution in [0.15, 0.2) is 36.4 Å². The Balaban J connectivity index is 1.94. The predicted octanol–water partition coefficient (Wildman–Crippen LogP) is 3.96. The Labute approximate surface area is 151 Å². The highest BCUT2D eigenvalue weighted by Crippen LogP contribution is 2.25. The van der Waals surface area contributed by atoms with Gasteiger partial charge in [-0.1, -0.05) is 6.07 Å². The molecular formula is C19H21NO4S. The molecule has 0 bridgehead atoms. The molecule has 6 heteroatoms. The van der Waals surface area contributed by atoms with Crippen molar-refractivity contribution < 1.29 is 19.1 Å². The van der Waals surface area contributed by atoms with Crippen molar-refractivity contribution in [3.05, 3.63) is 51.7 Å². The third kappa shape index (κ3) is 5.46. The van der Waals surface area contributed by atoms with Gasteiger partial charge in [0.1, 0.15) is 5.75 Å². The van der Waals surface area contributed by atoms with Crippen LogP contribution in [-0.2, 0) is 14.3 Å². The van der Waals surface area contributed by atoms with E-state index in [1.807, 2.05) is 32.0 Å². The van der Waals surface area contributed by atoms with Gasteiger partial charge in [-0.15, -0.1) is 11.3 Å². The van der Waals surface area contributed by atoms with Crippen molar-refractivity contribution in [1.82, 2.24) is 0 Å². The first kappa shape index (κ1) is 18.7. The maximum atomic E-state index is 12.2. The van der Waals surface area contributed by atoms with Gasteiger partial charge in [-0.25, -0.2) is 4.79 Å². The topological polar surface area (TPSA) is 64.6 Å². The zero-order valence-electron chi connectivity index (χ0n) is 14.7. The van der Waals surface area contributed by atoms with E-state index >= 15 is 0 Å². The fraction of sp³-hybridized carbons (Fsp3) is 0.263. The summed E-state index contributed by atoms with van der Waals surface area (Å²) in [5.41, 5.74) is 1.52. The minimum absolute atomic E-state index is 0.419. The first-order chi connectivity index (χ1) is 11.9. The summed E-state index contributed by atoms with van der Waals surface area (Å²) >= 11 is 1.57. The van der Waals surface area contributed by atoms with Crippen LogP contribution >= 0.6 is 11.3 Å². The predicted molar refractivity (Wildman–Crippen MR) is 100 cm³/mol. The van der Waals surface area contributed by atoms with Crippen molar-refractivity contribution in [1.29, 1.82) is 0 Å². The zero-order chi connectivity index (χ0) is 18.4. The Hall–Kier alpha value is -2.60. The molecular weight excluding hydrogens is 338 g/mol. The lowest BCUT2D eigenvalue weighted by Gasteiger charge is -2.15. The van der Waals surface area contributed by atoms with E-state index in [-0.39, 0.29) is 0 Å². The number of carbonyl (C=O) groups excluding carboxylic acids is 2. The average Bonchev–Trinajstić information content (AvgIpc) is 2.98. The van der Waals surface area contributed by atoms with Gasteiger partial charge in [0.05, 0.1) is 12.8 Å². The van der Waals surface area contributed by atoms with Gasteiger partial charge < -0.3 is 14.8 Å². The molecule has 2 rings (SSSR count). The molecule has 0 saturated heterocycles. The molecule has 0 aliphatic carbocycles. The van der Waals surface area contributed by atoms with E-state index in [1.165, 1.54) is 20.1 Å². The van der Waals surface area contributed by atoms with Gasteiger partial charge in [-0.3, -0.25) is 4.79 Å². The minimum atomic E-state index is -0.924. The molecule has 25 heavy (non-hydrogen) atoms. The molecule has 0 aliphatic rings. The number of esters is 1. The first-order valence-electron chi connectivity index (χ1n) is 7.79. The van der Waals surface area contributed by atoms with Crippen LogP contribution in [-0.4, -0.2) is 25.1 Å². The minimum Gasteiger partial charge on any atom is -0.495 e. The molecule has 1 N–H and O–H groups in total. The second-order valence-corrected chi connectivity index (χ2v) is 6.87. The highest BCUT2D eigenvalue weighted by Gasteiger charge is 2.18. The van der Waals surface area contributed by atoms with Crippen molar-refractivity contribution in [2.75, 3.05) is 12.4 Å². The molecule has 0 saturated carbocycles. The molecule has 1 aromatic carbocycles. The molecule has 1 amide bonds. The number of rotatable bonds is 6. The Morgan fingerprint density at radius 2 is 1.96 bits per heavy atom. The van der Waals surface area contributed by atoms with Crippen LogP contribution in [0.25, 0.3) is 6.08 Å². The van der Waals surface area contributed by atoms with Crippen LogP contribution in [0.2, 0.25) is 0 Å². The summed E-state index contributed by atoms with van der Waals surface area (Å²) < 4.78 is 10.4. The smallest absolute Gasteiger partial charge is 0.331 e. The third-order valence-electron chi connectivity index (χ3n) is 3.42. The Kier molecular flexibility index (Phi) is 6.36. The highest BCUT2D eigenvalue weighted by molar-refractivity contribution is 7.12. The van der Waals surface area contributed by atoms with Gasteiger partial charge >= 0.3 is 5.97 Å². The van der Waals surface area contributed by atoms with E-state index < -0.39 is 18.0 Å². The average molecular weight is 359 g/mol. The summed E-state index contributed by atoms with van der Waals surface area (Å²) in [6.45, 7) is 5.43. The fourth-order valence-electron chi connectivity index (χ4n) is 2.11. The summed E-state index contributed by atoms with van der Waals surface area (Å²) in [6.07, 6.45) is 2.07. The van der Waals surface area contributed by atoms with Gasteiger partial charge in [0.15, 0.2) is 6.10 Å². The van der Waals surface area contributed by atoms with Gasteiger partial charge in [-0.05, 0) is 56.7 Å². The third-order valence-corrected chi connectivity index (χ3v) is 4.39. The number of carbonyl (C=O) groups is 2. The summed E-state index contributed by atoms with van der Waals surface area (Å²) in [5.74, 6) is -0.437. The van der Waals surface area contributed by atoms with E-state index in [0.29, 0.717) is 11.4 Å². The second-order valence-electron chi connectivity index (χ2n) is 5.55. The molecule has 1 aromatic heterocycles. The molecule has 132 valence electrons. The summed E-state index contributed by atoms with van der Waals surface area (Å²) in [4.78, 5) is 26.2. The van der Waals surface area contributed by atoms with E-state index in [2.05, 4.69) is 5.32 Å². The molecule has 0 fully saturated rings. The Morgan fingerprint density at radius 1 is 1.20 bits per heavy atom. The second kappa shape index (κ2) is 8.48. The number of nitrogens with one attached hydrogen (secondary N) is 1. The van der Waals surface area contributed by atoms with Crippen molar-refractivity contribution in [3.63, 3.8) is 0 Å². The zero-order valence-corrected chi connectivity index (χ0v) is 15.5. The van der Waals surface area contributed by atoms with Crippen LogP contribution < -0.4 is 10.1 Å². The molecule has 1 atom stereocenters. The highest BCUT2D eigenvalue weighted by atomic mass is 32.1. The van der Waals surface area contributed by atoms with Crippen LogP contribution in [0, 0.1) is 13.8 Å². The Bertz CT molecular complexity index is 794. The molecule has 0 radical (unpaired) electrons. The lowest BCUT2D eigenvalue weighted by atomic mass is 10.2. The van der Waals surface area contributed by atoms with Crippen LogP contribution in [0.5, 0.6) is 5.75 Å². The quantitative estimate of drug-likeness (QED) is 0.626. The van der Waals surface area contributed by atoms with Crippen LogP contribution in [0.1, 0.15) is 22.2 Å². The summed E-state index contributed by atoms with van der Waals surface area (Å²) in [6, 6.07) is 9.34. The molecule has 0 spiro atoms. The number of hydrogen-bond donors (Lipinski definition) is 1. The van der Waals surface area contributed by atoms with Crippen LogP contribution in [0.3, 0.4) is 0 Å². The van der Waals surface area contributed by atoms with Gasteiger partial charge in [0, 0.05) is 15.8 Å². The number of hydrogen-bond acceptors (Lipinski definition) is 5. The Morgan fingerprint density at radius 3 is 2.60 bits per heavy atom. The summed E-state index contributed by atoms with van der Waals surface area (Å²) in [5, 5.41) is 2.72. The number of thiophene rings is 1. The monoisotopic (exact) mass is 359 g/mol. The number of aryl methyl sites for hydroxylation is 2. The maximum Gasteiger partial charge on any atom is 0.331 e. The van der Waals surface area contributed by atoms with Crippen LogP contribution in [0.4, 0.5) is 5.69 Å². The van der Waals surface area contributed by atoms with Gasteiger partial charge in [0.2, 0.25) is 0 Å². The first-order valence-corrected chi connectivity index (χ1v) is 8.61. The summed E-state index contributed by atoms with van der Waals surface area (Å²) in [7, 11) is 1.53. The SMILES string of the molecule is COc1ccc(C)cc1NC(=O)[C@H](C)OC(=O)/C=C/c1ccc(C)s1. The van der Waals surface area contributed by atoms with Gasteiger partial charge in [-0.2, -0.15) is 0 Å². The lowest BCUT2D eigenvalue weighted by Crippen LogP contribution is -2.29. The maximum absolute atomic E-state index is 12.2. The van der Waals surface area contributed by atoms with Crippen molar-refractivity contribution >= 4 is 35.0 Å².